The molecule has 23 heavy (non-hydrogen) atoms. The molecule has 0 saturated heterocycles. The van der Waals surface area contributed by atoms with Gasteiger partial charge in [-0.25, -0.2) is 8.42 Å². The number of carbonyl (C=O) groups is 1. The van der Waals surface area contributed by atoms with Crippen LogP contribution in [0, 0.1) is 23.2 Å². The predicted molar refractivity (Wildman–Crippen MR) is 88.8 cm³/mol. The highest BCUT2D eigenvalue weighted by Gasteiger charge is 2.54. The van der Waals surface area contributed by atoms with Gasteiger partial charge in [0.25, 0.3) is 0 Å². The predicted octanol–water partition coefficient (Wildman–Crippen LogP) is 3.25. The molecule has 0 heterocycles. The van der Waals surface area contributed by atoms with E-state index in [0.29, 0.717) is 5.69 Å². The van der Waals surface area contributed by atoms with Crippen molar-refractivity contribution < 1.29 is 13.2 Å². The molecule has 0 atom stereocenters. The third-order valence-electron chi connectivity index (χ3n) is 6.06. The van der Waals surface area contributed by atoms with Crippen LogP contribution in [-0.4, -0.2) is 20.6 Å². The first-order chi connectivity index (χ1) is 10.8. The van der Waals surface area contributed by atoms with Crippen LogP contribution in [0.4, 0.5) is 5.69 Å². The highest BCUT2D eigenvalue weighted by Crippen LogP contribution is 2.60. The highest BCUT2D eigenvalue weighted by atomic mass is 32.2. The van der Waals surface area contributed by atoms with Gasteiger partial charge < -0.3 is 5.32 Å². The first kappa shape index (κ1) is 15.2. The molecular weight excluding hydrogens is 310 g/mol. The van der Waals surface area contributed by atoms with E-state index in [1.54, 1.807) is 24.3 Å². The van der Waals surface area contributed by atoms with Crippen molar-refractivity contribution in [3.8, 4) is 0 Å². The van der Waals surface area contributed by atoms with Gasteiger partial charge in [-0.1, -0.05) is 0 Å². The lowest BCUT2D eigenvalue weighted by Gasteiger charge is -2.55. The van der Waals surface area contributed by atoms with Gasteiger partial charge >= 0.3 is 0 Å². The van der Waals surface area contributed by atoms with Gasteiger partial charge in [-0.3, -0.25) is 4.79 Å². The topological polar surface area (TPSA) is 63.2 Å². The molecule has 0 aliphatic heterocycles. The molecule has 124 valence electrons. The monoisotopic (exact) mass is 333 g/mol. The lowest BCUT2D eigenvalue weighted by molar-refractivity contribution is -0.140. The number of anilines is 1. The maximum absolute atomic E-state index is 12.9. The van der Waals surface area contributed by atoms with Gasteiger partial charge in [-0.2, -0.15) is 0 Å². The minimum absolute atomic E-state index is 0.142. The van der Waals surface area contributed by atoms with E-state index in [4.69, 9.17) is 0 Å². The first-order valence-corrected chi connectivity index (χ1v) is 10.3. The van der Waals surface area contributed by atoms with E-state index in [-0.39, 0.29) is 16.2 Å². The Labute approximate surface area is 137 Å². The van der Waals surface area contributed by atoms with Crippen LogP contribution < -0.4 is 5.32 Å². The summed E-state index contributed by atoms with van der Waals surface area (Å²) in [5.41, 5.74) is 0.516. The zero-order chi connectivity index (χ0) is 16.2. The third-order valence-corrected chi connectivity index (χ3v) is 7.19. The lowest BCUT2D eigenvalue weighted by atomic mass is 9.49. The van der Waals surface area contributed by atoms with Crippen LogP contribution in [-0.2, 0) is 14.6 Å². The molecule has 0 spiro atoms. The number of amides is 1. The minimum atomic E-state index is -3.20. The Morgan fingerprint density at radius 2 is 1.48 bits per heavy atom. The maximum atomic E-state index is 12.9. The van der Waals surface area contributed by atoms with Crippen molar-refractivity contribution in [2.45, 2.75) is 43.4 Å². The summed E-state index contributed by atoms with van der Waals surface area (Å²) >= 11 is 0. The number of benzene rings is 1. The van der Waals surface area contributed by atoms with Gasteiger partial charge in [0.1, 0.15) is 0 Å². The van der Waals surface area contributed by atoms with Crippen LogP contribution in [0.15, 0.2) is 29.2 Å². The van der Waals surface area contributed by atoms with E-state index < -0.39 is 9.84 Å². The van der Waals surface area contributed by atoms with Gasteiger partial charge in [0.15, 0.2) is 9.84 Å². The molecule has 5 heteroatoms. The van der Waals surface area contributed by atoms with E-state index >= 15 is 0 Å². The maximum Gasteiger partial charge on any atom is 0.230 e. The molecule has 0 radical (unpaired) electrons. The molecule has 4 nitrogen and oxygen atoms in total. The Bertz CT molecular complexity index is 701. The normalized spacial score (nSPS) is 35.3. The number of sulfone groups is 1. The molecule has 1 aromatic carbocycles. The molecule has 0 unspecified atom stereocenters. The van der Waals surface area contributed by atoms with Crippen LogP contribution in [0.25, 0.3) is 0 Å². The summed E-state index contributed by atoms with van der Waals surface area (Å²) in [6.07, 6.45) is 8.24. The van der Waals surface area contributed by atoms with E-state index in [2.05, 4.69) is 5.32 Å². The molecule has 4 fully saturated rings. The van der Waals surface area contributed by atoms with Crippen LogP contribution in [0.3, 0.4) is 0 Å². The van der Waals surface area contributed by atoms with E-state index in [1.165, 1.54) is 25.5 Å². The van der Waals surface area contributed by atoms with Crippen molar-refractivity contribution in [1.82, 2.24) is 0 Å². The number of rotatable bonds is 3. The fourth-order valence-corrected chi connectivity index (χ4v) is 6.07. The van der Waals surface area contributed by atoms with Crippen molar-refractivity contribution in [2.75, 3.05) is 11.6 Å². The Hall–Kier alpha value is -1.36. The molecule has 0 aromatic heterocycles. The summed E-state index contributed by atoms with van der Waals surface area (Å²) < 4.78 is 23.0. The number of carbonyl (C=O) groups excluding carboxylic acids is 1. The second kappa shape index (κ2) is 5.07. The molecule has 1 amide bonds. The fourth-order valence-electron chi connectivity index (χ4n) is 5.44. The smallest absolute Gasteiger partial charge is 0.230 e. The number of nitrogens with one attached hydrogen (secondary N) is 1. The zero-order valence-corrected chi connectivity index (χ0v) is 14.2. The summed E-state index contributed by atoms with van der Waals surface area (Å²) in [6, 6.07) is 6.50. The van der Waals surface area contributed by atoms with Gasteiger partial charge in [0, 0.05) is 11.9 Å². The zero-order valence-electron chi connectivity index (χ0n) is 13.4. The fraction of sp³-hybridized carbons (Fsp3) is 0.611. The average Bonchev–Trinajstić information content (AvgIpc) is 2.45. The Morgan fingerprint density at radius 3 is 1.91 bits per heavy atom. The van der Waals surface area contributed by atoms with Crippen molar-refractivity contribution in [3.63, 3.8) is 0 Å². The number of hydrogen-bond donors (Lipinski definition) is 1. The summed E-state index contributed by atoms with van der Waals surface area (Å²) in [5.74, 6) is 2.35. The van der Waals surface area contributed by atoms with Gasteiger partial charge in [-0.05, 0) is 80.5 Å². The first-order valence-electron chi connectivity index (χ1n) is 8.46. The molecule has 4 aliphatic rings. The molecule has 1 aromatic rings. The largest absolute Gasteiger partial charge is 0.326 e. The minimum Gasteiger partial charge on any atom is -0.326 e. The lowest BCUT2D eigenvalue weighted by Crippen LogP contribution is -2.51. The molecular formula is C18H23NO3S. The summed E-state index contributed by atoms with van der Waals surface area (Å²) in [5, 5.41) is 3.04. The second-order valence-electron chi connectivity index (χ2n) is 7.95. The standard InChI is InChI=1S/C18H23NO3S/c1-23(21,22)16-4-2-15(3-5-16)19-17(20)18-9-12-6-13(10-18)8-14(7-12)11-18/h2-5,12-14H,6-11H2,1H3,(H,19,20). The van der Waals surface area contributed by atoms with Gasteiger partial charge in [0.2, 0.25) is 5.91 Å². The quantitative estimate of drug-likeness (QED) is 0.923. The highest BCUT2D eigenvalue weighted by molar-refractivity contribution is 7.90. The summed E-state index contributed by atoms with van der Waals surface area (Å²) in [4.78, 5) is 13.2. The Balaban J connectivity index is 1.52. The van der Waals surface area contributed by atoms with Crippen LogP contribution in [0.5, 0.6) is 0 Å². The SMILES string of the molecule is CS(=O)(=O)c1ccc(NC(=O)C23CC4CC(CC(C4)C2)C3)cc1. The molecule has 1 N–H and O–H groups in total. The third kappa shape index (κ3) is 2.69. The summed E-state index contributed by atoms with van der Waals surface area (Å²) in [6.45, 7) is 0. The number of hydrogen-bond acceptors (Lipinski definition) is 3. The Kier molecular flexibility index (Phi) is 3.34. The second-order valence-corrected chi connectivity index (χ2v) is 9.96. The van der Waals surface area contributed by atoms with Crippen molar-refractivity contribution >= 4 is 21.4 Å². The van der Waals surface area contributed by atoms with Gasteiger partial charge in [-0.15, -0.1) is 0 Å². The Morgan fingerprint density at radius 1 is 1.00 bits per heavy atom. The van der Waals surface area contributed by atoms with Crippen LogP contribution in [0.2, 0.25) is 0 Å². The average molecular weight is 333 g/mol. The molecule has 4 aliphatic carbocycles. The summed E-state index contributed by atoms with van der Waals surface area (Å²) in [7, 11) is -3.20. The van der Waals surface area contributed by atoms with E-state index in [0.717, 1.165) is 37.0 Å². The van der Waals surface area contributed by atoms with Crippen molar-refractivity contribution in [1.29, 1.82) is 0 Å². The molecule has 5 rings (SSSR count). The van der Waals surface area contributed by atoms with E-state index in [9.17, 15) is 13.2 Å². The van der Waals surface area contributed by atoms with Crippen LogP contribution in [0.1, 0.15) is 38.5 Å². The molecule has 4 saturated carbocycles. The van der Waals surface area contributed by atoms with E-state index in [1.807, 2.05) is 0 Å². The van der Waals surface area contributed by atoms with Crippen molar-refractivity contribution in [2.24, 2.45) is 23.2 Å². The van der Waals surface area contributed by atoms with Crippen LogP contribution >= 0.6 is 0 Å². The molecule has 4 bridgehead atoms. The van der Waals surface area contributed by atoms with Crippen molar-refractivity contribution in [3.05, 3.63) is 24.3 Å². The van der Waals surface area contributed by atoms with Gasteiger partial charge in [0.05, 0.1) is 10.3 Å².